The summed E-state index contributed by atoms with van der Waals surface area (Å²) in [6.45, 7) is 0. The summed E-state index contributed by atoms with van der Waals surface area (Å²) in [5.41, 5.74) is 0.690. The molecule has 0 bridgehead atoms. The predicted molar refractivity (Wildman–Crippen MR) is 80.5 cm³/mol. The summed E-state index contributed by atoms with van der Waals surface area (Å²) in [6, 6.07) is 15.0. The van der Waals surface area contributed by atoms with Gasteiger partial charge in [0.15, 0.2) is 0 Å². The van der Waals surface area contributed by atoms with Gasteiger partial charge in [-0.1, -0.05) is 41.9 Å². The highest BCUT2D eigenvalue weighted by Gasteiger charge is 2.18. The molecule has 2 aromatic rings. The molecule has 0 aliphatic rings. The van der Waals surface area contributed by atoms with E-state index in [1.807, 2.05) is 0 Å². The van der Waals surface area contributed by atoms with Gasteiger partial charge in [0.05, 0.1) is 12.0 Å². The SMILES string of the molecule is COc1ccc(/C=C(\Cl)S(=O)(=O)c2ccccc2)cc1. The van der Waals surface area contributed by atoms with Crippen molar-refractivity contribution in [3.63, 3.8) is 0 Å². The zero-order chi connectivity index (χ0) is 14.6. The zero-order valence-electron chi connectivity index (χ0n) is 10.8. The van der Waals surface area contributed by atoms with Crippen molar-refractivity contribution in [2.24, 2.45) is 0 Å². The molecule has 2 rings (SSSR count). The van der Waals surface area contributed by atoms with E-state index in [9.17, 15) is 8.42 Å². The third-order valence-electron chi connectivity index (χ3n) is 2.71. The third-order valence-corrected chi connectivity index (χ3v) is 4.95. The maximum Gasteiger partial charge on any atom is 0.217 e. The van der Waals surface area contributed by atoms with Crippen LogP contribution in [0.2, 0.25) is 0 Å². The van der Waals surface area contributed by atoms with Crippen molar-refractivity contribution in [3.8, 4) is 5.75 Å². The Hall–Kier alpha value is -1.78. The molecule has 20 heavy (non-hydrogen) atoms. The summed E-state index contributed by atoms with van der Waals surface area (Å²) in [5.74, 6) is 0.698. The highest BCUT2D eigenvalue weighted by Crippen LogP contribution is 2.24. The quantitative estimate of drug-likeness (QED) is 0.865. The van der Waals surface area contributed by atoms with Crippen molar-refractivity contribution < 1.29 is 13.2 Å². The molecule has 0 unspecified atom stereocenters. The van der Waals surface area contributed by atoms with Gasteiger partial charge in [0.1, 0.15) is 10.1 Å². The molecule has 0 amide bonds. The largest absolute Gasteiger partial charge is 0.497 e. The van der Waals surface area contributed by atoms with E-state index < -0.39 is 9.84 Å². The fourth-order valence-corrected chi connectivity index (χ4v) is 3.05. The Bertz CT molecular complexity index is 705. The van der Waals surface area contributed by atoms with Gasteiger partial charge < -0.3 is 4.74 Å². The molecule has 0 spiro atoms. The van der Waals surface area contributed by atoms with E-state index in [0.717, 1.165) is 0 Å². The van der Waals surface area contributed by atoms with Gasteiger partial charge in [-0.15, -0.1) is 0 Å². The molecule has 0 aliphatic carbocycles. The van der Waals surface area contributed by atoms with Gasteiger partial charge in [0.25, 0.3) is 0 Å². The molecule has 0 heterocycles. The Morgan fingerprint density at radius 3 is 2.20 bits per heavy atom. The molecule has 104 valence electrons. The van der Waals surface area contributed by atoms with E-state index in [4.69, 9.17) is 16.3 Å². The maximum atomic E-state index is 12.2. The first-order valence-electron chi connectivity index (χ1n) is 5.85. The Morgan fingerprint density at radius 2 is 1.65 bits per heavy atom. The minimum absolute atomic E-state index is 0.176. The fourth-order valence-electron chi connectivity index (χ4n) is 1.62. The number of ether oxygens (including phenoxy) is 1. The van der Waals surface area contributed by atoms with Crippen LogP contribution in [0.5, 0.6) is 5.75 Å². The van der Waals surface area contributed by atoms with Crippen molar-refractivity contribution in [2.75, 3.05) is 7.11 Å². The van der Waals surface area contributed by atoms with Crippen LogP contribution in [-0.4, -0.2) is 15.5 Å². The molecule has 0 saturated heterocycles. The van der Waals surface area contributed by atoms with E-state index in [-0.39, 0.29) is 9.26 Å². The number of rotatable bonds is 4. The highest BCUT2D eigenvalue weighted by molar-refractivity contribution is 7.97. The van der Waals surface area contributed by atoms with Crippen LogP contribution < -0.4 is 4.74 Å². The van der Waals surface area contributed by atoms with E-state index >= 15 is 0 Å². The van der Waals surface area contributed by atoms with Crippen LogP contribution in [-0.2, 0) is 9.84 Å². The molecule has 0 N–H and O–H groups in total. The van der Waals surface area contributed by atoms with Gasteiger partial charge in [0, 0.05) is 0 Å². The van der Waals surface area contributed by atoms with Gasteiger partial charge in [-0.2, -0.15) is 0 Å². The van der Waals surface area contributed by atoms with E-state index in [1.165, 1.54) is 18.2 Å². The van der Waals surface area contributed by atoms with Crippen molar-refractivity contribution in [2.45, 2.75) is 4.90 Å². The van der Waals surface area contributed by atoms with Crippen molar-refractivity contribution >= 4 is 27.5 Å². The van der Waals surface area contributed by atoms with Crippen LogP contribution in [0.25, 0.3) is 6.08 Å². The molecule has 0 fully saturated rings. The highest BCUT2D eigenvalue weighted by atomic mass is 35.5. The second kappa shape index (κ2) is 6.11. The van der Waals surface area contributed by atoms with Gasteiger partial charge in [-0.05, 0) is 35.9 Å². The second-order valence-electron chi connectivity index (χ2n) is 4.04. The molecule has 2 aromatic carbocycles. The summed E-state index contributed by atoms with van der Waals surface area (Å²) >= 11 is 5.96. The van der Waals surface area contributed by atoms with Crippen LogP contribution in [0.3, 0.4) is 0 Å². The fraction of sp³-hybridized carbons (Fsp3) is 0.0667. The Kier molecular flexibility index (Phi) is 4.47. The van der Waals surface area contributed by atoms with Gasteiger partial charge in [-0.25, -0.2) is 8.42 Å². The Labute approximate surface area is 123 Å². The molecule has 0 atom stereocenters. The lowest BCUT2D eigenvalue weighted by Crippen LogP contribution is -2.00. The summed E-state index contributed by atoms with van der Waals surface area (Å²) in [6.07, 6.45) is 1.42. The average Bonchev–Trinajstić information content (AvgIpc) is 2.49. The molecule has 0 radical (unpaired) electrons. The smallest absolute Gasteiger partial charge is 0.217 e. The number of halogens is 1. The molecule has 0 saturated carbocycles. The third kappa shape index (κ3) is 3.21. The molecule has 3 nitrogen and oxygen atoms in total. The molecule has 5 heteroatoms. The first kappa shape index (κ1) is 14.6. The summed E-state index contributed by atoms with van der Waals surface area (Å²) in [7, 11) is -2.09. The minimum atomic E-state index is -3.66. The lowest BCUT2D eigenvalue weighted by Gasteiger charge is -2.03. The van der Waals surface area contributed by atoms with Gasteiger partial charge >= 0.3 is 0 Å². The predicted octanol–water partition coefficient (Wildman–Crippen LogP) is 3.71. The van der Waals surface area contributed by atoms with E-state index in [2.05, 4.69) is 0 Å². The van der Waals surface area contributed by atoms with Crippen molar-refractivity contribution in [3.05, 3.63) is 64.5 Å². The molecular formula is C15H13ClO3S. The van der Waals surface area contributed by atoms with E-state index in [0.29, 0.717) is 11.3 Å². The first-order chi connectivity index (χ1) is 9.54. The van der Waals surface area contributed by atoms with Crippen LogP contribution in [0.15, 0.2) is 63.9 Å². The van der Waals surface area contributed by atoms with Crippen LogP contribution in [0.1, 0.15) is 5.56 Å². The number of sulfone groups is 1. The van der Waals surface area contributed by atoms with Crippen LogP contribution in [0, 0.1) is 0 Å². The summed E-state index contributed by atoms with van der Waals surface area (Å²) < 4.78 is 29.3. The lowest BCUT2D eigenvalue weighted by atomic mass is 10.2. The number of benzene rings is 2. The second-order valence-corrected chi connectivity index (χ2v) is 6.59. The average molecular weight is 309 g/mol. The maximum absolute atomic E-state index is 12.2. The topological polar surface area (TPSA) is 43.4 Å². The Balaban J connectivity index is 2.34. The number of hydrogen-bond acceptors (Lipinski definition) is 3. The number of methoxy groups -OCH3 is 1. The normalized spacial score (nSPS) is 12.2. The monoisotopic (exact) mass is 308 g/mol. The standard InChI is InChI=1S/C15H13ClO3S/c1-19-13-9-7-12(8-10-13)11-15(16)20(17,18)14-5-3-2-4-6-14/h2-11H,1H3/b15-11+. The summed E-state index contributed by atoms with van der Waals surface area (Å²) in [4.78, 5) is 0.176. The van der Waals surface area contributed by atoms with Crippen LogP contribution in [0.4, 0.5) is 0 Å². The number of hydrogen-bond donors (Lipinski definition) is 0. The zero-order valence-corrected chi connectivity index (χ0v) is 12.4. The van der Waals surface area contributed by atoms with Crippen molar-refractivity contribution in [1.82, 2.24) is 0 Å². The van der Waals surface area contributed by atoms with Crippen LogP contribution >= 0.6 is 11.6 Å². The van der Waals surface area contributed by atoms with Gasteiger partial charge in [-0.3, -0.25) is 0 Å². The molecule has 0 aromatic heterocycles. The van der Waals surface area contributed by atoms with Crippen molar-refractivity contribution in [1.29, 1.82) is 0 Å². The molecule has 0 aliphatic heterocycles. The Morgan fingerprint density at radius 1 is 1.05 bits per heavy atom. The van der Waals surface area contributed by atoms with Gasteiger partial charge in [0.2, 0.25) is 9.84 Å². The molecular weight excluding hydrogens is 296 g/mol. The first-order valence-corrected chi connectivity index (χ1v) is 7.71. The van der Waals surface area contributed by atoms with E-state index in [1.54, 1.807) is 49.6 Å². The lowest BCUT2D eigenvalue weighted by molar-refractivity contribution is 0.415. The summed E-state index contributed by atoms with van der Waals surface area (Å²) in [5, 5.41) is 0. The minimum Gasteiger partial charge on any atom is -0.497 e.